The van der Waals surface area contributed by atoms with Crippen molar-refractivity contribution in [1.82, 2.24) is 14.8 Å². The van der Waals surface area contributed by atoms with Crippen LogP contribution in [-0.4, -0.2) is 32.3 Å². The van der Waals surface area contributed by atoms with Crippen molar-refractivity contribution in [3.8, 4) is 0 Å². The molecule has 2 N–H and O–H groups in total. The molecule has 2 aromatic carbocycles. The molecule has 0 bridgehead atoms. The van der Waals surface area contributed by atoms with Gasteiger partial charge in [0.2, 0.25) is 11.8 Å². The third-order valence-electron chi connectivity index (χ3n) is 3.85. The first-order valence-electron chi connectivity index (χ1n) is 8.53. The van der Waals surface area contributed by atoms with Crippen LogP contribution in [-0.2, 0) is 23.1 Å². The third kappa shape index (κ3) is 5.88. The highest BCUT2D eigenvalue weighted by molar-refractivity contribution is 9.10. The summed E-state index contributed by atoms with van der Waals surface area (Å²) in [7, 11) is 1.71. The highest BCUT2D eigenvalue weighted by Gasteiger charge is 2.15. The van der Waals surface area contributed by atoms with Crippen molar-refractivity contribution in [3.05, 3.63) is 64.6 Å². The van der Waals surface area contributed by atoms with Gasteiger partial charge < -0.3 is 15.2 Å². The van der Waals surface area contributed by atoms with Crippen LogP contribution in [0.15, 0.2) is 58.2 Å². The van der Waals surface area contributed by atoms with Gasteiger partial charge in [0.1, 0.15) is 11.6 Å². The predicted molar refractivity (Wildman–Crippen MR) is 113 cm³/mol. The Morgan fingerprint density at radius 2 is 1.79 bits per heavy atom. The minimum absolute atomic E-state index is 0.0660. The van der Waals surface area contributed by atoms with E-state index in [9.17, 15) is 14.0 Å². The molecular formula is C19H17BrFN5O2S. The van der Waals surface area contributed by atoms with E-state index >= 15 is 0 Å². The Morgan fingerprint density at radius 1 is 1.07 bits per heavy atom. The van der Waals surface area contributed by atoms with Crippen LogP contribution in [0, 0.1) is 5.82 Å². The SMILES string of the molecule is Cn1c(CC(=O)Nc2ccccc2F)nnc1SCC(=O)Nc1ccc(Br)cc1. The molecule has 3 rings (SSSR count). The molecule has 10 heteroatoms. The van der Waals surface area contributed by atoms with Gasteiger partial charge in [-0.15, -0.1) is 10.2 Å². The fourth-order valence-electron chi connectivity index (χ4n) is 2.39. The van der Waals surface area contributed by atoms with Crippen molar-refractivity contribution < 1.29 is 14.0 Å². The van der Waals surface area contributed by atoms with Crippen LogP contribution in [0.25, 0.3) is 0 Å². The fraction of sp³-hybridized carbons (Fsp3) is 0.158. The van der Waals surface area contributed by atoms with Gasteiger partial charge in [0.15, 0.2) is 5.16 Å². The van der Waals surface area contributed by atoms with Gasteiger partial charge in [0.05, 0.1) is 17.9 Å². The second kappa shape index (κ2) is 9.66. The number of para-hydroxylation sites is 1. The lowest BCUT2D eigenvalue weighted by Gasteiger charge is -2.07. The summed E-state index contributed by atoms with van der Waals surface area (Å²) in [4.78, 5) is 24.3. The lowest BCUT2D eigenvalue weighted by atomic mass is 10.3. The van der Waals surface area contributed by atoms with Crippen LogP contribution in [0.5, 0.6) is 0 Å². The molecular weight excluding hydrogens is 461 g/mol. The number of nitrogens with one attached hydrogen (secondary N) is 2. The average molecular weight is 478 g/mol. The van der Waals surface area contributed by atoms with Gasteiger partial charge in [-0.25, -0.2) is 4.39 Å². The van der Waals surface area contributed by atoms with Crippen molar-refractivity contribution in [3.63, 3.8) is 0 Å². The number of benzene rings is 2. The van der Waals surface area contributed by atoms with Crippen LogP contribution in [0.1, 0.15) is 5.82 Å². The molecule has 7 nitrogen and oxygen atoms in total. The molecule has 0 atom stereocenters. The lowest BCUT2D eigenvalue weighted by Crippen LogP contribution is -2.18. The number of carbonyl (C=O) groups is 2. The maximum absolute atomic E-state index is 13.6. The second-order valence-corrected chi connectivity index (χ2v) is 7.86. The first kappa shape index (κ1) is 21.0. The molecule has 0 radical (unpaired) electrons. The Hall–Kier alpha value is -2.72. The summed E-state index contributed by atoms with van der Waals surface area (Å²) in [5.74, 6) is -0.542. The number of halogens is 2. The van der Waals surface area contributed by atoms with E-state index in [0.29, 0.717) is 16.7 Å². The van der Waals surface area contributed by atoms with E-state index in [1.54, 1.807) is 35.9 Å². The number of nitrogens with zero attached hydrogens (tertiary/aromatic N) is 3. The first-order valence-corrected chi connectivity index (χ1v) is 10.3. The van der Waals surface area contributed by atoms with Gasteiger partial charge in [-0.2, -0.15) is 0 Å². The Bertz CT molecular complexity index is 1030. The van der Waals surface area contributed by atoms with E-state index in [0.717, 1.165) is 4.47 Å². The molecule has 0 spiro atoms. The van der Waals surface area contributed by atoms with E-state index in [4.69, 9.17) is 0 Å². The Kier molecular flexibility index (Phi) is 6.99. The van der Waals surface area contributed by atoms with Gasteiger partial charge in [-0.1, -0.05) is 39.8 Å². The Labute approximate surface area is 179 Å². The van der Waals surface area contributed by atoms with E-state index in [-0.39, 0.29) is 23.8 Å². The average Bonchev–Trinajstić information content (AvgIpc) is 3.03. The molecule has 150 valence electrons. The first-order chi connectivity index (χ1) is 13.9. The van der Waals surface area contributed by atoms with Crippen molar-refractivity contribution in [2.45, 2.75) is 11.6 Å². The highest BCUT2D eigenvalue weighted by Crippen LogP contribution is 2.18. The molecule has 0 saturated carbocycles. The summed E-state index contributed by atoms with van der Waals surface area (Å²) >= 11 is 4.55. The maximum Gasteiger partial charge on any atom is 0.234 e. The van der Waals surface area contributed by atoms with Crippen molar-refractivity contribution in [2.75, 3.05) is 16.4 Å². The van der Waals surface area contributed by atoms with Crippen molar-refractivity contribution in [1.29, 1.82) is 0 Å². The van der Waals surface area contributed by atoms with E-state index < -0.39 is 11.7 Å². The number of hydrogen-bond acceptors (Lipinski definition) is 5. The van der Waals surface area contributed by atoms with Crippen LogP contribution in [0.3, 0.4) is 0 Å². The third-order valence-corrected chi connectivity index (χ3v) is 5.40. The molecule has 29 heavy (non-hydrogen) atoms. The number of aromatic nitrogens is 3. The lowest BCUT2D eigenvalue weighted by molar-refractivity contribution is -0.116. The molecule has 0 fully saturated rings. The minimum atomic E-state index is -0.508. The molecule has 0 saturated heterocycles. The number of amides is 2. The number of carbonyl (C=O) groups excluding carboxylic acids is 2. The molecule has 0 unspecified atom stereocenters. The van der Waals surface area contributed by atoms with Crippen molar-refractivity contribution in [2.24, 2.45) is 7.05 Å². The number of anilines is 2. The summed E-state index contributed by atoms with van der Waals surface area (Å²) in [5.41, 5.74) is 0.807. The van der Waals surface area contributed by atoms with Crippen LogP contribution in [0.2, 0.25) is 0 Å². The van der Waals surface area contributed by atoms with Gasteiger partial charge in [0, 0.05) is 17.2 Å². The summed E-state index contributed by atoms with van der Waals surface area (Å²) < 4.78 is 16.2. The summed E-state index contributed by atoms with van der Waals surface area (Å²) in [5, 5.41) is 13.8. The number of rotatable bonds is 7. The molecule has 1 heterocycles. The Morgan fingerprint density at radius 3 is 2.52 bits per heavy atom. The zero-order valence-corrected chi connectivity index (χ0v) is 17.8. The van der Waals surface area contributed by atoms with Gasteiger partial charge >= 0.3 is 0 Å². The molecule has 0 aliphatic carbocycles. The monoisotopic (exact) mass is 477 g/mol. The fourth-order valence-corrected chi connectivity index (χ4v) is 3.38. The Balaban J connectivity index is 1.53. The van der Waals surface area contributed by atoms with E-state index in [1.807, 2.05) is 12.1 Å². The van der Waals surface area contributed by atoms with Crippen molar-refractivity contribution >= 4 is 50.9 Å². The smallest absolute Gasteiger partial charge is 0.234 e. The predicted octanol–water partition coefficient (Wildman–Crippen LogP) is 3.63. The molecule has 2 amide bonds. The molecule has 0 aliphatic rings. The maximum atomic E-state index is 13.6. The van der Waals surface area contributed by atoms with Crippen LogP contribution in [0.4, 0.5) is 15.8 Å². The van der Waals surface area contributed by atoms with Crippen LogP contribution >= 0.6 is 27.7 Å². The zero-order valence-electron chi connectivity index (χ0n) is 15.4. The summed E-state index contributed by atoms with van der Waals surface area (Å²) in [6.07, 6.45) is -0.0660. The minimum Gasteiger partial charge on any atom is -0.325 e. The number of thioether (sulfide) groups is 1. The molecule has 3 aromatic rings. The van der Waals surface area contributed by atoms with Gasteiger partial charge in [-0.3, -0.25) is 9.59 Å². The quantitative estimate of drug-likeness (QED) is 0.507. The van der Waals surface area contributed by atoms with Gasteiger partial charge in [-0.05, 0) is 36.4 Å². The highest BCUT2D eigenvalue weighted by atomic mass is 79.9. The van der Waals surface area contributed by atoms with E-state index in [2.05, 4.69) is 36.8 Å². The van der Waals surface area contributed by atoms with Crippen LogP contribution < -0.4 is 10.6 Å². The molecule has 1 aromatic heterocycles. The standard InChI is InChI=1S/C19H17BrFN5O2S/c1-26-16(10-17(27)23-15-5-3-2-4-14(15)21)24-25-19(26)29-11-18(28)22-13-8-6-12(20)7-9-13/h2-9H,10-11H2,1H3,(H,22,28)(H,23,27). The summed E-state index contributed by atoms with van der Waals surface area (Å²) in [6, 6.07) is 13.2. The summed E-state index contributed by atoms with van der Waals surface area (Å²) in [6.45, 7) is 0. The molecule has 0 aliphatic heterocycles. The normalized spacial score (nSPS) is 10.6. The zero-order chi connectivity index (χ0) is 20.8. The largest absolute Gasteiger partial charge is 0.325 e. The van der Waals surface area contributed by atoms with Gasteiger partial charge in [0.25, 0.3) is 0 Å². The van der Waals surface area contributed by atoms with E-state index in [1.165, 1.54) is 23.9 Å². The number of hydrogen-bond donors (Lipinski definition) is 2. The second-order valence-electron chi connectivity index (χ2n) is 6.01. The topological polar surface area (TPSA) is 88.9 Å².